The Morgan fingerprint density at radius 3 is 2.50 bits per heavy atom. The van der Waals surface area contributed by atoms with Gasteiger partial charge >= 0.3 is 11.9 Å². The van der Waals surface area contributed by atoms with Crippen molar-refractivity contribution < 1.29 is 23.8 Å². The number of cyclic esters (lactones) is 1. The number of benzene rings is 2. The number of carbonyl (C=O) groups is 2. The zero-order valence-electron chi connectivity index (χ0n) is 10.2. The molecule has 0 saturated carbocycles. The summed E-state index contributed by atoms with van der Waals surface area (Å²) in [6.45, 7) is 0. The molecule has 20 heavy (non-hydrogen) atoms. The Morgan fingerprint density at radius 1 is 1.15 bits per heavy atom. The highest BCUT2D eigenvalue weighted by atomic mass is 19.1. The maximum absolute atomic E-state index is 12.9. The van der Waals surface area contributed by atoms with Gasteiger partial charge in [0.15, 0.2) is 6.10 Å². The van der Waals surface area contributed by atoms with Crippen molar-refractivity contribution in [1.82, 2.24) is 0 Å². The van der Waals surface area contributed by atoms with Crippen LogP contribution in [0.25, 0.3) is 0 Å². The lowest BCUT2D eigenvalue weighted by atomic mass is 9.97. The lowest BCUT2D eigenvalue weighted by Crippen LogP contribution is -2.00. The molecule has 0 aliphatic carbocycles. The minimum atomic E-state index is -1.11. The van der Waals surface area contributed by atoms with Gasteiger partial charge in [-0.15, -0.1) is 0 Å². The lowest BCUT2D eigenvalue weighted by Gasteiger charge is -2.10. The smallest absolute Gasteiger partial charge is 0.339 e. The molecular formula is C15H9FO4. The summed E-state index contributed by atoms with van der Waals surface area (Å²) in [5.74, 6) is -2.05. The molecule has 0 amide bonds. The molecule has 4 nitrogen and oxygen atoms in total. The topological polar surface area (TPSA) is 63.6 Å². The Balaban J connectivity index is 2.06. The van der Waals surface area contributed by atoms with Crippen molar-refractivity contribution in [2.24, 2.45) is 0 Å². The highest BCUT2D eigenvalue weighted by Gasteiger charge is 2.32. The molecule has 0 radical (unpaired) electrons. The number of ether oxygens (including phenoxy) is 1. The summed E-state index contributed by atoms with van der Waals surface area (Å²) < 4.78 is 18.2. The predicted molar refractivity (Wildman–Crippen MR) is 67.1 cm³/mol. The first-order valence-corrected chi connectivity index (χ1v) is 5.90. The second-order valence-corrected chi connectivity index (χ2v) is 4.44. The Morgan fingerprint density at radius 2 is 1.85 bits per heavy atom. The van der Waals surface area contributed by atoms with E-state index in [0.29, 0.717) is 11.1 Å². The molecule has 2 aromatic rings. The predicted octanol–water partition coefficient (Wildman–Crippen LogP) is 2.78. The number of carbonyl (C=O) groups excluding carboxylic acids is 1. The van der Waals surface area contributed by atoms with Crippen LogP contribution < -0.4 is 0 Å². The molecule has 3 rings (SSSR count). The molecule has 100 valence electrons. The fourth-order valence-electron chi connectivity index (χ4n) is 2.21. The number of rotatable bonds is 2. The van der Waals surface area contributed by atoms with E-state index < -0.39 is 18.0 Å². The summed E-state index contributed by atoms with van der Waals surface area (Å²) in [7, 11) is 0. The maximum Gasteiger partial charge on any atom is 0.339 e. The van der Waals surface area contributed by atoms with E-state index in [1.165, 1.54) is 36.4 Å². The van der Waals surface area contributed by atoms with E-state index in [2.05, 4.69) is 0 Å². The van der Waals surface area contributed by atoms with Crippen molar-refractivity contribution in [3.05, 3.63) is 70.5 Å². The second-order valence-electron chi connectivity index (χ2n) is 4.44. The second kappa shape index (κ2) is 4.45. The van der Waals surface area contributed by atoms with E-state index in [9.17, 15) is 14.0 Å². The minimum absolute atomic E-state index is 0.0282. The molecule has 5 heteroatoms. The monoisotopic (exact) mass is 272 g/mol. The maximum atomic E-state index is 12.9. The van der Waals surface area contributed by atoms with E-state index in [1.54, 1.807) is 6.07 Å². The van der Waals surface area contributed by atoms with Gasteiger partial charge in [-0.05, 0) is 29.8 Å². The van der Waals surface area contributed by atoms with Gasteiger partial charge in [-0.25, -0.2) is 14.0 Å². The summed E-state index contributed by atoms with van der Waals surface area (Å²) in [4.78, 5) is 22.7. The number of hydrogen-bond acceptors (Lipinski definition) is 3. The molecule has 0 saturated heterocycles. The van der Waals surface area contributed by atoms with Crippen LogP contribution in [0.2, 0.25) is 0 Å². The number of fused-ring (bicyclic) bond motifs is 1. The number of halogens is 1. The zero-order valence-corrected chi connectivity index (χ0v) is 10.2. The Hall–Kier alpha value is -2.69. The van der Waals surface area contributed by atoms with Gasteiger partial charge in [0.25, 0.3) is 0 Å². The molecule has 0 spiro atoms. The van der Waals surface area contributed by atoms with Crippen LogP contribution in [0.1, 0.15) is 37.9 Å². The number of esters is 1. The molecule has 0 bridgehead atoms. The van der Waals surface area contributed by atoms with Gasteiger partial charge in [0.1, 0.15) is 5.82 Å². The van der Waals surface area contributed by atoms with Crippen molar-refractivity contribution in [2.75, 3.05) is 0 Å². The fourth-order valence-corrected chi connectivity index (χ4v) is 2.21. The van der Waals surface area contributed by atoms with Gasteiger partial charge in [-0.2, -0.15) is 0 Å². The Labute approximate surface area is 113 Å². The van der Waals surface area contributed by atoms with Crippen LogP contribution in [0.3, 0.4) is 0 Å². The van der Waals surface area contributed by atoms with E-state index in [-0.39, 0.29) is 16.9 Å². The van der Waals surface area contributed by atoms with E-state index in [0.717, 1.165) is 0 Å². The molecule has 1 N–H and O–H groups in total. The van der Waals surface area contributed by atoms with Crippen LogP contribution in [0.4, 0.5) is 4.39 Å². The van der Waals surface area contributed by atoms with Crippen molar-refractivity contribution in [3.63, 3.8) is 0 Å². The van der Waals surface area contributed by atoms with Crippen LogP contribution in [0.5, 0.6) is 0 Å². The van der Waals surface area contributed by atoms with Crippen LogP contribution in [0.15, 0.2) is 42.5 Å². The first kappa shape index (κ1) is 12.3. The van der Waals surface area contributed by atoms with Gasteiger partial charge < -0.3 is 9.84 Å². The summed E-state index contributed by atoms with van der Waals surface area (Å²) in [5, 5.41) is 8.92. The van der Waals surface area contributed by atoms with Gasteiger partial charge in [0, 0.05) is 5.56 Å². The highest BCUT2D eigenvalue weighted by molar-refractivity contribution is 5.98. The van der Waals surface area contributed by atoms with E-state index in [4.69, 9.17) is 9.84 Å². The largest absolute Gasteiger partial charge is 0.478 e. The number of aromatic carboxylic acids is 1. The molecule has 1 heterocycles. The van der Waals surface area contributed by atoms with Gasteiger partial charge in [0.2, 0.25) is 0 Å². The molecule has 1 aliphatic rings. The highest BCUT2D eigenvalue weighted by Crippen LogP contribution is 2.36. The quantitative estimate of drug-likeness (QED) is 0.854. The molecule has 2 aromatic carbocycles. The van der Waals surface area contributed by atoms with Gasteiger partial charge in [-0.3, -0.25) is 0 Å². The number of carboxylic acid groups (broad SMARTS) is 1. The third-order valence-corrected chi connectivity index (χ3v) is 3.20. The van der Waals surface area contributed by atoms with Crippen molar-refractivity contribution in [1.29, 1.82) is 0 Å². The van der Waals surface area contributed by atoms with Gasteiger partial charge in [-0.1, -0.05) is 18.2 Å². The molecule has 1 aliphatic heterocycles. The van der Waals surface area contributed by atoms with E-state index >= 15 is 0 Å². The third-order valence-electron chi connectivity index (χ3n) is 3.20. The first-order chi connectivity index (χ1) is 9.56. The molecule has 0 aromatic heterocycles. The normalized spacial score (nSPS) is 16.6. The van der Waals surface area contributed by atoms with Crippen LogP contribution in [-0.2, 0) is 4.74 Å². The Bertz CT molecular complexity index is 706. The Kier molecular flexibility index (Phi) is 2.75. The average Bonchev–Trinajstić information content (AvgIpc) is 2.76. The average molecular weight is 272 g/mol. The molecule has 0 fully saturated rings. The van der Waals surface area contributed by atoms with Crippen molar-refractivity contribution in [3.8, 4) is 0 Å². The van der Waals surface area contributed by atoms with Crippen LogP contribution in [-0.4, -0.2) is 17.0 Å². The number of hydrogen-bond donors (Lipinski definition) is 1. The lowest BCUT2D eigenvalue weighted by molar-refractivity contribution is 0.0455. The minimum Gasteiger partial charge on any atom is -0.478 e. The third kappa shape index (κ3) is 1.93. The summed E-state index contributed by atoms with van der Waals surface area (Å²) in [6, 6.07) is 9.90. The first-order valence-electron chi connectivity index (χ1n) is 5.90. The SMILES string of the molecule is O=C(O)c1ccc2c(c1)C(=O)O[C@@H]2c1ccc(F)cc1. The van der Waals surface area contributed by atoms with Crippen LogP contribution in [0, 0.1) is 5.82 Å². The summed E-state index contributed by atoms with van der Waals surface area (Å²) in [5.41, 5.74) is 1.49. The van der Waals surface area contributed by atoms with E-state index in [1.807, 2.05) is 0 Å². The summed E-state index contributed by atoms with van der Waals surface area (Å²) in [6.07, 6.45) is -0.624. The van der Waals surface area contributed by atoms with Crippen molar-refractivity contribution in [2.45, 2.75) is 6.10 Å². The van der Waals surface area contributed by atoms with Gasteiger partial charge in [0.05, 0.1) is 11.1 Å². The molecular weight excluding hydrogens is 263 g/mol. The molecule has 1 atom stereocenters. The van der Waals surface area contributed by atoms with Crippen LogP contribution >= 0.6 is 0 Å². The molecule has 0 unspecified atom stereocenters. The fraction of sp³-hybridized carbons (Fsp3) is 0.0667. The van der Waals surface area contributed by atoms with Crippen molar-refractivity contribution >= 4 is 11.9 Å². The summed E-state index contributed by atoms with van der Waals surface area (Å²) >= 11 is 0. The zero-order chi connectivity index (χ0) is 14.3. The number of carboxylic acids is 1. The standard InChI is InChI=1S/C15H9FO4/c16-10-4-1-8(2-5-10)13-11-6-3-9(14(17)18)7-12(11)15(19)20-13/h1-7,13H,(H,17,18)/t13-/m1/s1.